The zero-order valence-electron chi connectivity index (χ0n) is 15.8. The maximum atomic E-state index is 13.8. The van der Waals surface area contributed by atoms with Gasteiger partial charge in [-0.2, -0.15) is 0 Å². The summed E-state index contributed by atoms with van der Waals surface area (Å²) in [6.45, 7) is 2.48. The van der Waals surface area contributed by atoms with Crippen LogP contribution >= 0.6 is 0 Å². The molecule has 1 aliphatic heterocycles. The van der Waals surface area contributed by atoms with Crippen molar-refractivity contribution in [2.45, 2.75) is 31.6 Å². The van der Waals surface area contributed by atoms with E-state index in [0.717, 1.165) is 5.56 Å². The number of piperidine rings is 1. The average molecular weight is 405 g/mol. The van der Waals surface area contributed by atoms with E-state index in [1.807, 2.05) is 37.3 Å². The molecule has 1 unspecified atom stereocenters. The number of hydrogen-bond donors (Lipinski definition) is 1. The molecule has 1 amide bonds. The van der Waals surface area contributed by atoms with Crippen LogP contribution < -0.4 is 5.32 Å². The molecule has 0 aliphatic carbocycles. The molecule has 1 N–H and O–H groups in total. The molecule has 3 rings (SSSR count). The lowest BCUT2D eigenvalue weighted by Crippen LogP contribution is -2.43. The number of nitrogens with one attached hydrogen (secondary N) is 1. The van der Waals surface area contributed by atoms with E-state index in [9.17, 15) is 17.6 Å². The first-order valence-electron chi connectivity index (χ1n) is 9.43. The molecule has 7 heteroatoms. The molecule has 5 nitrogen and oxygen atoms in total. The van der Waals surface area contributed by atoms with Gasteiger partial charge in [0, 0.05) is 24.6 Å². The summed E-state index contributed by atoms with van der Waals surface area (Å²) in [6, 6.07) is 15.5. The van der Waals surface area contributed by atoms with Gasteiger partial charge in [0.15, 0.2) is 0 Å². The second-order valence-corrected chi connectivity index (χ2v) is 9.13. The Morgan fingerprint density at radius 3 is 2.36 bits per heavy atom. The summed E-state index contributed by atoms with van der Waals surface area (Å²) < 4.78 is 40.4. The molecule has 28 heavy (non-hydrogen) atoms. The summed E-state index contributed by atoms with van der Waals surface area (Å²) in [7, 11) is -3.61. The van der Waals surface area contributed by atoms with Crippen LogP contribution in [0.3, 0.4) is 0 Å². The van der Waals surface area contributed by atoms with Crippen molar-refractivity contribution < 1.29 is 17.6 Å². The maximum absolute atomic E-state index is 13.8. The highest BCUT2D eigenvalue weighted by Gasteiger charge is 2.32. The molecular weight excluding hydrogens is 379 g/mol. The van der Waals surface area contributed by atoms with E-state index in [-0.39, 0.29) is 42.3 Å². The minimum atomic E-state index is -3.61. The summed E-state index contributed by atoms with van der Waals surface area (Å²) in [4.78, 5) is 12.5. The van der Waals surface area contributed by atoms with Crippen molar-refractivity contribution in [1.82, 2.24) is 9.62 Å². The lowest BCUT2D eigenvalue weighted by atomic mass is 9.96. The fraction of sp³-hybridized carbons (Fsp3) is 0.381. The summed E-state index contributed by atoms with van der Waals surface area (Å²) >= 11 is 0. The van der Waals surface area contributed by atoms with Crippen molar-refractivity contribution in [3.8, 4) is 0 Å². The van der Waals surface area contributed by atoms with Gasteiger partial charge in [-0.15, -0.1) is 0 Å². The first-order valence-corrected chi connectivity index (χ1v) is 11.0. The van der Waals surface area contributed by atoms with Crippen LogP contribution in [0.2, 0.25) is 0 Å². The fourth-order valence-electron chi connectivity index (χ4n) is 3.46. The largest absolute Gasteiger partial charge is 0.349 e. The number of amides is 1. The number of halogens is 1. The highest BCUT2D eigenvalue weighted by molar-refractivity contribution is 7.88. The van der Waals surface area contributed by atoms with Gasteiger partial charge in [-0.05, 0) is 31.4 Å². The summed E-state index contributed by atoms with van der Waals surface area (Å²) in [5.74, 6) is -1.15. The van der Waals surface area contributed by atoms with E-state index >= 15 is 0 Å². The lowest BCUT2D eigenvalue weighted by Gasteiger charge is -2.31. The smallest absolute Gasteiger partial charge is 0.223 e. The number of carbonyl (C=O) groups is 1. The van der Waals surface area contributed by atoms with Crippen LogP contribution in [0.5, 0.6) is 0 Å². The monoisotopic (exact) mass is 404 g/mol. The average Bonchev–Trinajstić information content (AvgIpc) is 2.70. The molecule has 1 heterocycles. The summed E-state index contributed by atoms with van der Waals surface area (Å²) in [5.41, 5.74) is 1.19. The number of benzene rings is 2. The normalized spacial score (nSPS) is 17.2. The van der Waals surface area contributed by atoms with Gasteiger partial charge in [-0.3, -0.25) is 4.79 Å². The summed E-state index contributed by atoms with van der Waals surface area (Å²) in [6.07, 6.45) is 0.924. The molecule has 2 aromatic rings. The highest BCUT2D eigenvalue weighted by atomic mass is 32.2. The van der Waals surface area contributed by atoms with Crippen molar-refractivity contribution in [2.24, 2.45) is 5.92 Å². The van der Waals surface area contributed by atoms with Gasteiger partial charge in [0.2, 0.25) is 15.9 Å². The second-order valence-electron chi connectivity index (χ2n) is 7.16. The molecule has 0 saturated carbocycles. The molecule has 150 valence electrons. The van der Waals surface area contributed by atoms with Crippen LogP contribution in [-0.4, -0.2) is 31.7 Å². The second kappa shape index (κ2) is 8.84. The van der Waals surface area contributed by atoms with Gasteiger partial charge in [-0.1, -0.05) is 48.5 Å². The predicted octanol–water partition coefficient (Wildman–Crippen LogP) is 3.24. The van der Waals surface area contributed by atoms with Crippen LogP contribution in [0.4, 0.5) is 4.39 Å². The number of hydrogen-bond acceptors (Lipinski definition) is 3. The fourth-order valence-corrected chi connectivity index (χ4v) is 5.03. The third kappa shape index (κ3) is 4.97. The van der Waals surface area contributed by atoms with Crippen LogP contribution in [0.1, 0.15) is 36.9 Å². The Balaban J connectivity index is 1.55. The molecule has 0 aromatic heterocycles. The number of rotatable bonds is 6. The van der Waals surface area contributed by atoms with E-state index in [2.05, 4.69) is 5.32 Å². The zero-order valence-corrected chi connectivity index (χ0v) is 16.7. The third-order valence-corrected chi connectivity index (χ3v) is 7.00. The minimum Gasteiger partial charge on any atom is -0.349 e. The number of sulfonamides is 1. The molecular formula is C21H25FN2O3S. The molecule has 0 spiro atoms. The first-order chi connectivity index (χ1) is 13.4. The van der Waals surface area contributed by atoms with Gasteiger partial charge in [-0.25, -0.2) is 17.1 Å². The molecule has 0 radical (unpaired) electrons. The highest BCUT2D eigenvalue weighted by Crippen LogP contribution is 2.23. The maximum Gasteiger partial charge on any atom is 0.223 e. The Hall–Kier alpha value is -2.25. The Morgan fingerprint density at radius 1 is 1.11 bits per heavy atom. The molecule has 1 saturated heterocycles. The molecule has 0 bridgehead atoms. The van der Waals surface area contributed by atoms with E-state index < -0.39 is 15.8 Å². The standard InChI is InChI=1S/C21H25FN2O3S/c1-16(17-7-3-2-4-8-17)23-21(25)18-11-13-24(14-12-18)28(26,27)15-19-9-5-6-10-20(19)22/h2-10,16,18H,11-15H2,1H3,(H,23,25). The Labute approximate surface area is 165 Å². The van der Waals surface area contributed by atoms with Crippen LogP contribution in [-0.2, 0) is 20.6 Å². The molecule has 1 aliphatic rings. The van der Waals surface area contributed by atoms with Crippen molar-refractivity contribution in [3.05, 3.63) is 71.5 Å². The van der Waals surface area contributed by atoms with E-state index in [1.165, 1.54) is 22.5 Å². The van der Waals surface area contributed by atoms with Gasteiger partial charge in [0.05, 0.1) is 11.8 Å². The minimum absolute atomic E-state index is 0.0532. The van der Waals surface area contributed by atoms with E-state index in [0.29, 0.717) is 12.8 Å². The summed E-state index contributed by atoms with van der Waals surface area (Å²) in [5, 5.41) is 3.01. The van der Waals surface area contributed by atoms with Crippen molar-refractivity contribution in [1.29, 1.82) is 0 Å². The Kier molecular flexibility index (Phi) is 6.46. The van der Waals surface area contributed by atoms with Crippen molar-refractivity contribution >= 4 is 15.9 Å². The van der Waals surface area contributed by atoms with Crippen LogP contribution in [0.15, 0.2) is 54.6 Å². The van der Waals surface area contributed by atoms with Gasteiger partial charge in [0.1, 0.15) is 5.82 Å². The lowest BCUT2D eigenvalue weighted by molar-refractivity contribution is -0.126. The van der Waals surface area contributed by atoms with Gasteiger partial charge < -0.3 is 5.32 Å². The Morgan fingerprint density at radius 2 is 1.71 bits per heavy atom. The molecule has 1 atom stereocenters. The van der Waals surface area contributed by atoms with Crippen LogP contribution in [0.25, 0.3) is 0 Å². The Bertz CT molecular complexity index is 910. The number of carbonyl (C=O) groups excluding carboxylic acids is 1. The molecule has 2 aromatic carbocycles. The predicted molar refractivity (Wildman–Crippen MR) is 106 cm³/mol. The van der Waals surface area contributed by atoms with Crippen molar-refractivity contribution in [2.75, 3.05) is 13.1 Å². The first kappa shape index (κ1) is 20.5. The van der Waals surface area contributed by atoms with E-state index in [4.69, 9.17) is 0 Å². The van der Waals surface area contributed by atoms with Gasteiger partial charge >= 0.3 is 0 Å². The molecule has 1 fully saturated rings. The van der Waals surface area contributed by atoms with E-state index in [1.54, 1.807) is 6.07 Å². The SMILES string of the molecule is CC(NC(=O)C1CCN(S(=O)(=O)Cc2ccccc2F)CC1)c1ccccc1. The number of nitrogens with zero attached hydrogens (tertiary/aromatic N) is 1. The van der Waals surface area contributed by atoms with Gasteiger partial charge in [0.25, 0.3) is 0 Å². The quantitative estimate of drug-likeness (QED) is 0.804. The van der Waals surface area contributed by atoms with Crippen LogP contribution in [0, 0.1) is 11.7 Å². The topological polar surface area (TPSA) is 66.5 Å². The zero-order chi connectivity index (χ0) is 20.1. The third-order valence-electron chi connectivity index (χ3n) is 5.17. The van der Waals surface area contributed by atoms with Crippen molar-refractivity contribution in [3.63, 3.8) is 0 Å².